The SMILES string of the molecule is CC(C)C1COC(=O)N1c1ccnc(N[C@H](C)c2ccc(-c3cccnc3)cc2)n1. The maximum atomic E-state index is 12.2. The van der Waals surface area contributed by atoms with Gasteiger partial charge in [0.1, 0.15) is 12.4 Å². The first kappa shape index (κ1) is 19.8. The summed E-state index contributed by atoms with van der Waals surface area (Å²) in [4.78, 5) is 26.9. The van der Waals surface area contributed by atoms with Crippen LogP contribution in [0.2, 0.25) is 0 Å². The lowest BCUT2D eigenvalue weighted by molar-refractivity contribution is 0.177. The summed E-state index contributed by atoms with van der Waals surface area (Å²) in [7, 11) is 0. The molecule has 3 heterocycles. The lowest BCUT2D eigenvalue weighted by Crippen LogP contribution is -2.37. The molecule has 1 N–H and O–H groups in total. The summed E-state index contributed by atoms with van der Waals surface area (Å²) in [5, 5.41) is 3.33. The molecule has 2 atom stereocenters. The maximum Gasteiger partial charge on any atom is 0.415 e. The average Bonchev–Trinajstić information content (AvgIpc) is 3.16. The second-order valence-corrected chi connectivity index (χ2v) is 7.73. The monoisotopic (exact) mass is 403 g/mol. The van der Waals surface area contributed by atoms with Gasteiger partial charge >= 0.3 is 6.09 Å². The van der Waals surface area contributed by atoms with Crippen LogP contribution in [0.1, 0.15) is 32.4 Å². The van der Waals surface area contributed by atoms with Crippen molar-refractivity contribution in [1.82, 2.24) is 15.0 Å². The number of nitrogens with one attached hydrogen (secondary N) is 1. The third-order valence-corrected chi connectivity index (χ3v) is 5.31. The molecule has 154 valence electrons. The Kier molecular flexibility index (Phi) is 5.61. The van der Waals surface area contributed by atoms with Gasteiger partial charge in [-0.1, -0.05) is 44.2 Å². The lowest BCUT2D eigenvalue weighted by atomic mass is 10.0. The Hall–Kier alpha value is -3.48. The van der Waals surface area contributed by atoms with Crippen LogP contribution >= 0.6 is 0 Å². The Morgan fingerprint density at radius 2 is 1.87 bits per heavy atom. The van der Waals surface area contributed by atoms with Crippen LogP contribution in [-0.4, -0.2) is 33.7 Å². The van der Waals surface area contributed by atoms with Crippen LogP contribution in [0, 0.1) is 5.92 Å². The Labute approximate surface area is 176 Å². The zero-order chi connectivity index (χ0) is 21.1. The van der Waals surface area contributed by atoms with Gasteiger partial charge in [0.15, 0.2) is 0 Å². The van der Waals surface area contributed by atoms with E-state index in [1.54, 1.807) is 23.4 Å². The summed E-state index contributed by atoms with van der Waals surface area (Å²) in [6.45, 7) is 6.56. The zero-order valence-electron chi connectivity index (χ0n) is 17.3. The number of anilines is 2. The first-order valence-electron chi connectivity index (χ1n) is 10.1. The molecule has 0 bridgehead atoms. The highest BCUT2D eigenvalue weighted by atomic mass is 16.6. The standard InChI is InChI=1S/C23H25N5O2/c1-15(2)20-14-30-23(29)28(20)21-10-12-25-22(27-21)26-16(3)17-6-8-18(9-7-17)19-5-4-11-24-13-19/h4-13,15-16,20H,14H2,1-3H3,(H,25,26,27)/t16-,20?/m1/s1. The second kappa shape index (κ2) is 8.49. The molecule has 1 saturated heterocycles. The highest BCUT2D eigenvalue weighted by molar-refractivity contribution is 5.89. The van der Waals surface area contributed by atoms with Crippen LogP contribution < -0.4 is 10.2 Å². The summed E-state index contributed by atoms with van der Waals surface area (Å²) >= 11 is 0. The predicted octanol–water partition coefficient (Wildman–Crippen LogP) is 4.69. The molecule has 1 amide bonds. The second-order valence-electron chi connectivity index (χ2n) is 7.73. The van der Waals surface area contributed by atoms with E-state index in [1.165, 1.54) is 0 Å². The van der Waals surface area contributed by atoms with Gasteiger partial charge in [-0.15, -0.1) is 0 Å². The summed E-state index contributed by atoms with van der Waals surface area (Å²) in [6, 6.07) is 14.0. The number of carbonyl (C=O) groups is 1. The van der Waals surface area contributed by atoms with Crippen molar-refractivity contribution >= 4 is 17.9 Å². The molecule has 0 saturated carbocycles. The first-order chi connectivity index (χ1) is 14.5. The van der Waals surface area contributed by atoms with Gasteiger partial charge in [-0.25, -0.2) is 9.78 Å². The third-order valence-electron chi connectivity index (χ3n) is 5.31. The molecule has 7 nitrogen and oxygen atoms in total. The van der Waals surface area contributed by atoms with Gasteiger partial charge in [0.25, 0.3) is 0 Å². The molecule has 0 spiro atoms. The van der Waals surface area contributed by atoms with Crippen molar-refractivity contribution in [3.63, 3.8) is 0 Å². The summed E-state index contributed by atoms with van der Waals surface area (Å²) in [5.74, 6) is 1.28. The molecule has 1 unspecified atom stereocenters. The number of pyridine rings is 1. The number of aromatic nitrogens is 3. The fraction of sp³-hybridized carbons (Fsp3) is 0.304. The van der Waals surface area contributed by atoms with Gasteiger partial charge in [0.2, 0.25) is 5.95 Å². The molecular weight excluding hydrogens is 378 g/mol. The molecule has 30 heavy (non-hydrogen) atoms. The Morgan fingerprint density at radius 3 is 2.57 bits per heavy atom. The number of cyclic esters (lactones) is 1. The van der Waals surface area contributed by atoms with Gasteiger partial charge in [0, 0.05) is 18.6 Å². The van der Waals surface area contributed by atoms with E-state index in [0.29, 0.717) is 18.4 Å². The number of carbonyl (C=O) groups excluding carboxylic acids is 1. The Bertz CT molecular complexity index is 1010. The molecular formula is C23H25N5O2. The minimum Gasteiger partial charge on any atom is -0.447 e. The highest BCUT2D eigenvalue weighted by Crippen LogP contribution is 2.27. The number of hydrogen-bond donors (Lipinski definition) is 1. The minimum atomic E-state index is -0.364. The molecule has 1 aliphatic rings. The van der Waals surface area contributed by atoms with E-state index in [0.717, 1.165) is 16.7 Å². The normalized spacial score (nSPS) is 17.1. The molecule has 0 aliphatic carbocycles. The molecule has 7 heteroatoms. The fourth-order valence-electron chi connectivity index (χ4n) is 3.52. The van der Waals surface area contributed by atoms with Crippen molar-refractivity contribution < 1.29 is 9.53 Å². The van der Waals surface area contributed by atoms with Crippen molar-refractivity contribution in [2.24, 2.45) is 5.92 Å². The summed E-state index contributed by atoms with van der Waals surface area (Å²) in [5.41, 5.74) is 3.31. The van der Waals surface area contributed by atoms with Crippen molar-refractivity contribution in [2.45, 2.75) is 32.9 Å². The Balaban J connectivity index is 1.49. The van der Waals surface area contributed by atoms with Crippen LogP contribution in [0.5, 0.6) is 0 Å². The van der Waals surface area contributed by atoms with Crippen molar-refractivity contribution in [1.29, 1.82) is 0 Å². The lowest BCUT2D eigenvalue weighted by Gasteiger charge is -2.23. The predicted molar refractivity (Wildman–Crippen MR) is 116 cm³/mol. The van der Waals surface area contributed by atoms with Gasteiger partial charge in [-0.3, -0.25) is 9.88 Å². The van der Waals surface area contributed by atoms with Crippen LogP contribution in [0.3, 0.4) is 0 Å². The zero-order valence-corrected chi connectivity index (χ0v) is 17.3. The van der Waals surface area contributed by atoms with Gasteiger partial charge in [0.05, 0.1) is 12.1 Å². The van der Waals surface area contributed by atoms with E-state index in [4.69, 9.17) is 4.74 Å². The number of benzene rings is 1. The summed E-state index contributed by atoms with van der Waals surface area (Å²) in [6.07, 6.45) is 4.91. The molecule has 1 aliphatic heterocycles. The van der Waals surface area contributed by atoms with E-state index in [9.17, 15) is 4.79 Å². The van der Waals surface area contributed by atoms with Crippen LogP contribution in [0.25, 0.3) is 11.1 Å². The maximum absolute atomic E-state index is 12.2. The van der Waals surface area contributed by atoms with E-state index in [1.807, 2.05) is 18.3 Å². The van der Waals surface area contributed by atoms with Gasteiger partial charge in [-0.05, 0) is 41.7 Å². The van der Waals surface area contributed by atoms with E-state index < -0.39 is 0 Å². The third kappa shape index (κ3) is 4.10. The van der Waals surface area contributed by atoms with Crippen molar-refractivity contribution in [3.8, 4) is 11.1 Å². The van der Waals surface area contributed by atoms with Crippen molar-refractivity contribution in [3.05, 3.63) is 66.6 Å². The van der Waals surface area contributed by atoms with E-state index in [2.05, 4.69) is 65.3 Å². The molecule has 0 radical (unpaired) electrons. The average molecular weight is 403 g/mol. The number of rotatable bonds is 6. The van der Waals surface area contributed by atoms with Crippen molar-refractivity contribution in [2.75, 3.05) is 16.8 Å². The quantitative estimate of drug-likeness (QED) is 0.643. The largest absolute Gasteiger partial charge is 0.447 e. The van der Waals surface area contributed by atoms with Crippen LogP contribution in [0.15, 0.2) is 61.1 Å². The van der Waals surface area contributed by atoms with Crippen LogP contribution in [0.4, 0.5) is 16.6 Å². The fourth-order valence-corrected chi connectivity index (χ4v) is 3.52. The molecule has 2 aromatic heterocycles. The van der Waals surface area contributed by atoms with E-state index >= 15 is 0 Å². The van der Waals surface area contributed by atoms with E-state index in [-0.39, 0.29) is 24.1 Å². The molecule has 1 aromatic carbocycles. The number of nitrogens with zero attached hydrogens (tertiary/aromatic N) is 4. The smallest absolute Gasteiger partial charge is 0.415 e. The highest BCUT2D eigenvalue weighted by Gasteiger charge is 2.37. The molecule has 3 aromatic rings. The summed E-state index contributed by atoms with van der Waals surface area (Å²) < 4.78 is 5.23. The number of amides is 1. The van der Waals surface area contributed by atoms with Gasteiger partial charge < -0.3 is 10.1 Å². The first-order valence-corrected chi connectivity index (χ1v) is 10.1. The Morgan fingerprint density at radius 1 is 1.07 bits per heavy atom. The molecule has 4 rings (SSSR count). The van der Waals surface area contributed by atoms with Crippen LogP contribution in [-0.2, 0) is 4.74 Å². The number of ether oxygens (including phenoxy) is 1. The topological polar surface area (TPSA) is 80.2 Å². The minimum absolute atomic E-state index is 0.00498. The number of hydrogen-bond acceptors (Lipinski definition) is 6. The van der Waals surface area contributed by atoms with Gasteiger partial charge in [-0.2, -0.15) is 4.98 Å². The molecule has 1 fully saturated rings.